The lowest BCUT2D eigenvalue weighted by Gasteiger charge is -2.40. The SMILES string of the molecule is CC(C)(C)[S@@+]([O-])N=COC(=O)c1ccccc1C1COCC(c2ccccc2C(=O)O)C1c1ccccc1C(=O)O. The number of carboxylic acid groups (broad SMARTS) is 2. The average molecular weight is 578 g/mol. The predicted octanol–water partition coefficient (Wildman–Crippen LogP) is 5.41. The van der Waals surface area contributed by atoms with Crippen molar-refractivity contribution < 1.29 is 38.6 Å². The summed E-state index contributed by atoms with van der Waals surface area (Å²) in [7, 11) is 0. The van der Waals surface area contributed by atoms with Crippen LogP contribution in [0.25, 0.3) is 0 Å². The van der Waals surface area contributed by atoms with Crippen LogP contribution in [0.1, 0.15) is 86.3 Å². The van der Waals surface area contributed by atoms with Gasteiger partial charge in [0.1, 0.15) is 16.1 Å². The highest BCUT2D eigenvalue weighted by Crippen LogP contribution is 2.49. The van der Waals surface area contributed by atoms with Crippen molar-refractivity contribution in [2.75, 3.05) is 13.2 Å². The van der Waals surface area contributed by atoms with E-state index in [9.17, 15) is 29.1 Å². The number of hydrogen-bond acceptors (Lipinski definition) is 7. The predicted molar refractivity (Wildman–Crippen MR) is 154 cm³/mol. The van der Waals surface area contributed by atoms with Crippen LogP contribution >= 0.6 is 0 Å². The van der Waals surface area contributed by atoms with Crippen molar-refractivity contribution in [2.45, 2.75) is 43.3 Å². The lowest BCUT2D eigenvalue weighted by Crippen LogP contribution is -2.34. The molecule has 0 aromatic heterocycles. The second-order valence-corrected chi connectivity index (χ2v) is 12.6. The number of carboxylic acids is 2. The highest BCUT2D eigenvalue weighted by atomic mass is 32.2. The Hall–Kier alpha value is -3.99. The van der Waals surface area contributed by atoms with Gasteiger partial charge < -0.3 is 24.2 Å². The summed E-state index contributed by atoms with van der Waals surface area (Å²) in [4.78, 5) is 37.7. The molecule has 0 amide bonds. The van der Waals surface area contributed by atoms with Gasteiger partial charge in [-0.05, 0) is 60.1 Å². The molecule has 9 nitrogen and oxygen atoms in total. The minimum atomic E-state index is -1.62. The largest absolute Gasteiger partial charge is 0.591 e. The van der Waals surface area contributed by atoms with Crippen LogP contribution in [0.15, 0.2) is 77.2 Å². The molecule has 0 saturated carbocycles. The first-order chi connectivity index (χ1) is 19.5. The molecule has 0 aliphatic carbocycles. The lowest BCUT2D eigenvalue weighted by molar-refractivity contribution is 0.0474. The van der Waals surface area contributed by atoms with Gasteiger partial charge in [0.2, 0.25) is 6.40 Å². The number of ether oxygens (including phenoxy) is 2. The molecular weight excluding hydrogens is 546 g/mol. The van der Waals surface area contributed by atoms with Crippen LogP contribution < -0.4 is 0 Å². The van der Waals surface area contributed by atoms with Gasteiger partial charge in [-0.2, -0.15) is 0 Å². The maximum absolute atomic E-state index is 13.2. The van der Waals surface area contributed by atoms with Crippen LogP contribution in [0.4, 0.5) is 0 Å². The third kappa shape index (κ3) is 6.67. The van der Waals surface area contributed by atoms with E-state index in [1.165, 1.54) is 12.1 Å². The summed E-state index contributed by atoms with van der Waals surface area (Å²) in [6.07, 6.45) is 0.876. The van der Waals surface area contributed by atoms with Gasteiger partial charge in [-0.25, -0.2) is 14.4 Å². The first kappa shape index (κ1) is 30.0. The van der Waals surface area contributed by atoms with Crippen LogP contribution in [0, 0.1) is 0 Å². The van der Waals surface area contributed by atoms with E-state index < -0.39 is 51.8 Å². The Morgan fingerprint density at radius 1 is 0.829 bits per heavy atom. The molecule has 1 aliphatic heterocycles. The van der Waals surface area contributed by atoms with Gasteiger partial charge in [0.25, 0.3) is 0 Å². The number of carbonyl (C=O) groups is 3. The van der Waals surface area contributed by atoms with Gasteiger partial charge in [0.05, 0.1) is 29.9 Å². The molecule has 214 valence electrons. The molecule has 0 radical (unpaired) electrons. The van der Waals surface area contributed by atoms with Gasteiger partial charge in [0, 0.05) is 17.8 Å². The molecule has 2 N–H and O–H groups in total. The fraction of sp³-hybridized carbons (Fsp3) is 0.290. The van der Waals surface area contributed by atoms with E-state index in [0.29, 0.717) is 16.7 Å². The van der Waals surface area contributed by atoms with Crippen LogP contribution in [0.2, 0.25) is 0 Å². The normalized spacial score (nSPS) is 20.0. The smallest absolute Gasteiger partial charge is 0.344 e. The monoisotopic (exact) mass is 577 g/mol. The second kappa shape index (κ2) is 12.7. The summed E-state index contributed by atoms with van der Waals surface area (Å²) in [5.74, 6) is -4.60. The van der Waals surface area contributed by atoms with Crippen LogP contribution in [0.3, 0.4) is 0 Å². The Bertz CT molecular complexity index is 1460. The first-order valence-electron chi connectivity index (χ1n) is 13.0. The van der Waals surface area contributed by atoms with Crippen molar-refractivity contribution in [2.24, 2.45) is 4.40 Å². The molecule has 41 heavy (non-hydrogen) atoms. The standard InChI is InChI=1S/C31H31NO8S/c1-31(2,3)41(38)32-18-40-30(37)24-15-9-5-11-20(24)26-17-39-16-25(19-10-4-7-13-22(19)28(33)34)27(26)21-12-6-8-14-23(21)29(35)36/h4-15,18,25-27H,16-17H2,1-3H3,(H,33,34)(H,35,36)/t25?,26?,27?,41-/m1/s1. The van der Waals surface area contributed by atoms with Gasteiger partial charge in [-0.1, -0.05) is 54.6 Å². The number of nitrogens with zero attached hydrogens (tertiary/aromatic N) is 1. The van der Waals surface area contributed by atoms with Gasteiger partial charge in [0.15, 0.2) is 0 Å². The maximum atomic E-state index is 13.2. The number of esters is 1. The number of aromatic carboxylic acids is 2. The Morgan fingerprint density at radius 3 is 1.78 bits per heavy atom. The molecule has 0 spiro atoms. The molecule has 3 aromatic rings. The highest BCUT2D eigenvalue weighted by molar-refractivity contribution is 7.91. The van der Waals surface area contributed by atoms with Crippen molar-refractivity contribution in [3.63, 3.8) is 0 Å². The Balaban J connectivity index is 1.82. The highest BCUT2D eigenvalue weighted by Gasteiger charge is 2.41. The summed E-state index contributed by atoms with van der Waals surface area (Å²) in [6.45, 7) is 5.53. The summed E-state index contributed by atoms with van der Waals surface area (Å²) >= 11 is -1.62. The van der Waals surface area contributed by atoms with Crippen molar-refractivity contribution >= 4 is 35.7 Å². The zero-order valence-electron chi connectivity index (χ0n) is 22.9. The number of rotatable bonds is 8. The summed E-state index contributed by atoms with van der Waals surface area (Å²) < 4.78 is 26.7. The van der Waals surface area contributed by atoms with Gasteiger partial charge in [-0.15, -0.1) is 0 Å². The molecule has 1 aliphatic rings. The molecule has 1 fully saturated rings. The minimum absolute atomic E-state index is 0.0825. The molecule has 0 bridgehead atoms. The molecule has 3 aromatic carbocycles. The summed E-state index contributed by atoms with van der Waals surface area (Å²) in [6, 6.07) is 19.9. The first-order valence-corrected chi connectivity index (χ1v) is 14.1. The van der Waals surface area contributed by atoms with E-state index in [1.54, 1.807) is 81.4 Å². The molecule has 1 heterocycles. The zero-order valence-corrected chi connectivity index (χ0v) is 23.7. The fourth-order valence-corrected chi connectivity index (χ4v) is 5.58. The van der Waals surface area contributed by atoms with Gasteiger partial charge >= 0.3 is 17.9 Å². The fourth-order valence-electron chi connectivity index (χ4n) is 5.14. The molecule has 3 unspecified atom stereocenters. The third-order valence-corrected chi connectivity index (χ3v) is 8.33. The Kier molecular flexibility index (Phi) is 9.27. The lowest BCUT2D eigenvalue weighted by atomic mass is 9.68. The maximum Gasteiger partial charge on any atom is 0.344 e. The van der Waals surface area contributed by atoms with Crippen LogP contribution in [-0.2, 0) is 20.8 Å². The van der Waals surface area contributed by atoms with Crippen molar-refractivity contribution in [1.29, 1.82) is 0 Å². The Labute approximate surface area is 241 Å². The van der Waals surface area contributed by atoms with Crippen molar-refractivity contribution in [3.8, 4) is 0 Å². The number of carbonyl (C=O) groups excluding carboxylic acids is 1. The molecular formula is C31H31NO8S. The number of benzene rings is 3. The van der Waals surface area contributed by atoms with E-state index >= 15 is 0 Å². The van der Waals surface area contributed by atoms with Crippen LogP contribution in [0.5, 0.6) is 0 Å². The molecule has 10 heteroatoms. The molecule has 4 atom stereocenters. The Morgan fingerprint density at radius 2 is 1.27 bits per heavy atom. The third-order valence-electron chi connectivity index (χ3n) is 7.01. The van der Waals surface area contributed by atoms with Crippen LogP contribution in [-0.4, -0.2) is 57.0 Å². The van der Waals surface area contributed by atoms with E-state index in [1.807, 2.05) is 0 Å². The van der Waals surface area contributed by atoms with Crippen molar-refractivity contribution in [3.05, 3.63) is 106 Å². The summed E-state index contributed by atoms with van der Waals surface area (Å²) in [5.41, 5.74) is 1.94. The molecule has 1 saturated heterocycles. The van der Waals surface area contributed by atoms with E-state index in [2.05, 4.69) is 4.40 Å². The van der Waals surface area contributed by atoms with Gasteiger partial charge in [-0.3, -0.25) is 0 Å². The quantitative estimate of drug-likeness (QED) is 0.156. The molecule has 4 rings (SSSR count). The van der Waals surface area contributed by atoms with Crippen molar-refractivity contribution in [1.82, 2.24) is 0 Å². The van der Waals surface area contributed by atoms with E-state index in [4.69, 9.17) is 9.47 Å². The van der Waals surface area contributed by atoms with E-state index in [-0.39, 0.29) is 29.9 Å². The topological polar surface area (TPSA) is 146 Å². The number of hydrogen-bond donors (Lipinski definition) is 2. The minimum Gasteiger partial charge on any atom is -0.591 e. The second-order valence-electron chi connectivity index (χ2n) is 10.6. The van der Waals surface area contributed by atoms with E-state index in [0.717, 1.165) is 6.40 Å². The average Bonchev–Trinajstić information content (AvgIpc) is 2.96. The summed E-state index contributed by atoms with van der Waals surface area (Å²) in [5, 5.41) is 20.0. The zero-order chi connectivity index (χ0) is 29.7.